The van der Waals surface area contributed by atoms with Gasteiger partial charge in [0.25, 0.3) is 0 Å². The highest BCUT2D eigenvalue weighted by Gasteiger charge is 2.28. The minimum Gasteiger partial charge on any atom is -0.383 e. The summed E-state index contributed by atoms with van der Waals surface area (Å²) in [6, 6.07) is 8.33. The van der Waals surface area contributed by atoms with Crippen molar-refractivity contribution in [2.75, 3.05) is 46.4 Å². The van der Waals surface area contributed by atoms with Crippen molar-refractivity contribution in [3.05, 3.63) is 35.4 Å². The van der Waals surface area contributed by atoms with E-state index < -0.39 is 0 Å². The van der Waals surface area contributed by atoms with Gasteiger partial charge in [-0.15, -0.1) is 12.4 Å². The van der Waals surface area contributed by atoms with Crippen molar-refractivity contribution in [1.82, 2.24) is 15.1 Å². The Morgan fingerprint density at radius 3 is 2.79 bits per heavy atom. The summed E-state index contributed by atoms with van der Waals surface area (Å²) >= 11 is 0. The van der Waals surface area contributed by atoms with Gasteiger partial charge in [-0.05, 0) is 30.5 Å². The molecule has 0 radical (unpaired) electrons. The van der Waals surface area contributed by atoms with Crippen LogP contribution in [-0.4, -0.2) is 68.2 Å². The van der Waals surface area contributed by atoms with E-state index in [0.29, 0.717) is 0 Å². The second-order valence-corrected chi connectivity index (χ2v) is 6.42. The van der Waals surface area contributed by atoms with Crippen LogP contribution in [0.25, 0.3) is 0 Å². The zero-order valence-electron chi connectivity index (χ0n) is 14.4. The van der Waals surface area contributed by atoms with Crippen molar-refractivity contribution in [2.24, 2.45) is 0 Å². The number of nitrogens with one attached hydrogen (secondary N) is 1. The number of carbonyl (C=O) groups excluding carboxylic acids is 1. The molecule has 0 spiro atoms. The van der Waals surface area contributed by atoms with Gasteiger partial charge >= 0.3 is 0 Å². The molecule has 1 aromatic carbocycles. The number of benzene rings is 1. The Labute approximate surface area is 150 Å². The molecule has 1 fully saturated rings. The van der Waals surface area contributed by atoms with Crippen LogP contribution in [0, 0.1) is 0 Å². The predicted octanol–water partition coefficient (Wildman–Crippen LogP) is 1.30. The van der Waals surface area contributed by atoms with Gasteiger partial charge in [0.2, 0.25) is 5.91 Å². The van der Waals surface area contributed by atoms with Crippen molar-refractivity contribution in [3.8, 4) is 0 Å². The SMILES string of the molecule is COCCN1CCCN(C(=O)C2Cc3ccccc3CN2)CC1.Cl. The van der Waals surface area contributed by atoms with Crippen LogP contribution in [0.1, 0.15) is 17.5 Å². The maximum absolute atomic E-state index is 12.9. The van der Waals surface area contributed by atoms with Crippen LogP contribution in [0.15, 0.2) is 24.3 Å². The molecule has 0 aliphatic carbocycles. The van der Waals surface area contributed by atoms with Gasteiger partial charge in [0.15, 0.2) is 0 Å². The molecule has 6 heteroatoms. The van der Waals surface area contributed by atoms with Crippen LogP contribution in [0.4, 0.5) is 0 Å². The van der Waals surface area contributed by atoms with Crippen LogP contribution in [0.5, 0.6) is 0 Å². The summed E-state index contributed by atoms with van der Waals surface area (Å²) < 4.78 is 5.16. The summed E-state index contributed by atoms with van der Waals surface area (Å²) in [4.78, 5) is 17.3. The fraction of sp³-hybridized carbons (Fsp3) is 0.611. The van der Waals surface area contributed by atoms with Crippen molar-refractivity contribution >= 4 is 18.3 Å². The average Bonchev–Trinajstić information content (AvgIpc) is 2.84. The van der Waals surface area contributed by atoms with Gasteiger partial charge in [0, 0.05) is 39.8 Å². The highest BCUT2D eigenvalue weighted by Crippen LogP contribution is 2.18. The van der Waals surface area contributed by atoms with E-state index in [9.17, 15) is 4.79 Å². The molecule has 0 saturated carbocycles. The van der Waals surface area contributed by atoms with E-state index in [2.05, 4.69) is 34.5 Å². The minimum absolute atomic E-state index is 0. The summed E-state index contributed by atoms with van der Waals surface area (Å²) in [5, 5.41) is 3.41. The van der Waals surface area contributed by atoms with E-state index in [1.165, 1.54) is 11.1 Å². The Morgan fingerprint density at radius 2 is 2.00 bits per heavy atom. The number of carbonyl (C=O) groups is 1. The number of rotatable bonds is 4. The molecule has 1 saturated heterocycles. The van der Waals surface area contributed by atoms with Gasteiger partial charge in [-0.1, -0.05) is 24.3 Å². The van der Waals surface area contributed by atoms with E-state index in [0.717, 1.165) is 58.7 Å². The summed E-state index contributed by atoms with van der Waals surface area (Å²) in [5.74, 6) is 0.257. The van der Waals surface area contributed by atoms with Gasteiger partial charge in [-0.2, -0.15) is 0 Å². The molecule has 5 nitrogen and oxygen atoms in total. The lowest BCUT2D eigenvalue weighted by molar-refractivity contribution is -0.133. The standard InChI is InChI=1S/C18H27N3O2.ClH/c1-23-12-11-20-7-4-8-21(10-9-20)18(22)17-13-15-5-2-3-6-16(15)14-19-17;/h2-3,5-6,17,19H,4,7-14H2,1H3;1H. The number of hydrogen-bond acceptors (Lipinski definition) is 4. The first-order chi connectivity index (χ1) is 11.3. The highest BCUT2D eigenvalue weighted by atomic mass is 35.5. The Kier molecular flexibility index (Phi) is 7.49. The van der Waals surface area contributed by atoms with Gasteiger partial charge < -0.3 is 15.0 Å². The Hall–Kier alpha value is -1.14. The van der Waals surface area contributed by atoms with Gasteiger partial charge in [0.1, 0.15) is 0 Å². The zero-order chi connectivity index (χ0) is 16.1. The first-order valence-corrected chi connectivity index (χ1v) is 8.58. The van der Waals surface area contributed by atoms with Crippen LogP contribution < -0.4 is 5.32 Å². The Bertz CT molecular complexity index is 541. The van der Waals surface area contributed by atoms with Crippen LogP contribution in [0.2, 0.25) is 0 Å². The Morgan fingerprint density at radius 1 is 1.21 bits per heavy atom. The first-order valence-electron chi connectivity index (χ1n) is 8.58. The third-order valence-corrected chi connectivity index (χ3v) is 4.89. The summed E-state index contributed by atoms with van der Waals surface area (Å²) in [7, 11) is 1.74. The molecule has 1 amide bonds. The topological polar surface area (TPSA) is 44.8 Å². The summed E-state index contributed by atoms with van der Waals surface area (Å²) in [5.41, 5.74) is 2.62. The van der Waals surface area contributed by atoms with Gasteiger partial charge in [0.05, 0.1) is 12.6 Å². The first kappa shape index (κ1) is 19.2. The van der Waals surface area contributed by atoms with Crippen molar-refractivity contribution in [3.63, 3.8) is 0 Å². The molecule has 24 heavy (non-hydrogen) atoms. The maximum Gasteiger partial charge on any atom is 0.240 e. The molecule has 3 rings (SSSR count). The van der Waals surface area contributed by atoms with E-state index in [1.807, 2.05) is 4.90 Å². The second-order valence-electron chi connectivity index (χ2n) is 6.42. The molecule has 2 aliphatic rings. The number of methoxy groups -OCH3 is 1. The van der Waals surface area contributed by atoms with Crippen molar-refractivity contribution in [2.45, 2.75) is 25.4 Å². The molecule has 1 unspecified atom stereocenters. The van der Waals surface area contributed by atoms with Crippen LogP contribution >= 0.6 is 12.4 Å². The van der Waals surface area contributed by atoms with Gasteiger partial charge in [-0.3, -0.25) is 9.69 Å². The quantitative estimate of drug-likeness (QED) is 0.886. The number of amides is 1. The minimum atomic E-state index is -0.0737. The molecule has 134 valence electrons. The normalized spacial score (nSPS) is 21.5. The third-order valence-electron chi connectivity index (χ3n) is 4.89. The van der Waals surface area contributed by atoms with E-state index in [1.54, 1.807) is 7.11 Å². The van der Waals surface area contributed by atoms with E-state index in [-0.39, 0.29) is 24.4 Å². The number of nitrogens with zero attached hydrogens (tertiary/aromatic N) is 2. The predicted molar refractivity (Wildman–Crippen MR) is 97.5 cm³/mol. The molecule has 1 atom stereocenters. The zero-order valence-corrected chi connectivity index (χ0v) is 15.2. The molecular formula is C18H28ClN3O2. The van der Waals surface area contributed by atoms with Crippen molar-refractivity contribution in [1.29, 1.82) is 0 Å². The highest BCUT2D eigenvalue weighted by molar-refractivity contribution is 5.85. The van der Waals surface area contributed by atoms with Crippen LogP contribution in [0.3, 0.4) is 0 Å². The van der Waals surface area contributed by atoms with Crippen LogP contribution in [-0.2, 0) is 22.5 Å². The third kappa shape index (κ3) is 4.70. The number of halogens is 1. The molecule has 0 bridgehead atoms. The second kappa shape index (κ2) is 9.37. The van der Waals surface area contributed by atoms with Crippen molar-refractivity contribution < 1.29 is 9.53 Å². The average molecular weight is 354 g/mol. The summed E-state index contributed by atoms with van der Waals surface area (Å²) in [6.45, 7) is 6.18. The number of fused-ring (bicyclic) bond motifs is 1. The fourth-order valence-corrected chi connectivity index (χ4v) is 3.48. The molecular weight excluding hydrogens is 326 g/mol. The maximum atomic E-state index is 12.9. The van der Waals surface area contributed by atoms with Gasteiger partial charge in [-0.25, -0.2) is 0 Å². The lowest BCUT2D eigenvalue weighted by Gasteiger charge is -2.30. The smallest absolute Gasteiger partial charge is 0.240 e. The summed E-state index contributed by atoms with van der Waals surface area (Å²) in [6.07, 6.45) is 1.84. The molecule has 2 heterocycles. The van der Waals surface area contributed by atoms with E-state index in [4.69, 9.17) is 4.74 Å². The molecule has 1 aromatic rings. The number of hydrogen-bond donors (Lipinski definition) is 1. The molecule has 2 aliphatic heterocycles. The molecule has 0 aromatic heterocycles. The monoisotopic (exact) mass is 353 g/mol. The molecule has 1 N–H and O–H groups in total. The largest absolute Gasteiger partial charge is 0.383 e. The lowest BCUT2D eigenvalue weighted by Crippen LogP contribution is -2.50. The Balaban J connectivity index is 0.00000208. The lowest BCUT2D eigenvalue weighted by atomic mass is 9.95. The fourth-order valence-electron chi connectivity index (χ4n) is 3.48. The van der Waals surface area contributed by atoms with E-state index >= 15 is 0 Å². The number of ether oxygens (including phenoxy) is 1.